The number of hydrogen-bond acceptors (Lipinski definition) is 3. The molecule has 2 unspecified atom stereocenters. The van der Waals surface area contributed by atoms with Gasteiger partial charge in [0.1, 0.15) is 5.75 Å². The monoisotopic (exact) mass is 415 g/mol. The molecule has 1 aromatic heterocycles. The summed E-state index contributed by atoms with van der Waals surface area (Å²) < 4.78 is 8.07. The molecular weight excluding hydrogens is 376 g/mol. The van der Waals surface area contributed by atoms with E-state index in [1.54, 1.807) is 0 Å². The highest BCUT2D eigenvalue weighted by Gasteiger charge is 2.27. The quantitative estimate of drug-likeness (QED) is 0.404. The SMILES string of the molecule is CCOc1cccc(-c2n[n+](CC3CCCCC3)c(CC(C)CC(C)CC)s2)c1. The van der Waals surface area contributed by atoms with E-state index in [0.29, 0.717) is 12.5 Å². The van der Waals surface area contributed by atoms with E-state index in [0.717, 1.165) is 35.6 Å². The first-order valence-electron chi connectivity index (χ1n) is 11.7. The van der Waals surface area contributed by atoms with Crippen LogP contribution in [0.1, 0.15) is 77.6 Å². The van der Waals surface area contributed by atoms with Crippen molar-refractivity contribution < 1.29 is 9.42 Å². The van der Waals surface area contributed by atoms with Crippen LogP contribution < -0.4 is 9.42 Å². The van der Waals surface area contributed by atoms with E-state index in [4.69, 9.17) is 9.84 Å². The number of ether oxygens (including phenoxy) is 1. The molecule has 3 nitrogen and oxygen atoms in total. The van der Waals surface area contributed by atoms with Gasteiger partial charge in [-0.15, -0.1) is 0 Å². The van der Waals surface area contributed by atoms with Crippen LogP contribution >= 0.6 is 11.3 Å². The van der Waals surface area contributed by atoms with Crippen LogP contribution in [-0.4, -0.2) is 11.7 Å². The normalized spacial score (nSPS) is 17.2. The van der Waals surface area contributed by atoms with Gasteiger partial charge in [-0.25, -0.2) is 0 Å². The van der Waals surface area contributed by atoms with Crippen LogP contribution in [0.15, 0.2) is 24.3 Å². The van der Waals surface area contributed by atoms with Crippen molar-refractivity contribution in [3.05, 3.63) is 29.3 Å². The third kappa shape index (κ3) is 6.53. The second-order valence-electron chi connectivity index (χ2n) is 9.01. The molecule has 29 heavy (non-hydrogen) atoms. The van der Waals surface area contributed by atoms with Crippen molar-refractivity contribution in [2.45, 2.75) is 85.6 Å². The van der Waals surface area contributed by atoms with Crippen LogP contribution in [0.25, 0.3) is 10.6 Å². The molecule has 0 N–H and O–H groups in total. The lowest BCUT2D eigenvalue weighted by Crippen LogP contribution is -2.43. The van der Waals surface area contributed by atoms with Crippen molar-refractivity contribution in [3.63, 3.8) is 0 Å². The topological polar surface area (TPSA) is 26.0 Å². The zero-order chi connectivity index (χ0) is 20.6. The molecule has 0 saturated heterocycles. The van der Waals surface area contributed by atoms with E-state index in [1.165, 1.54) is 55.5 Å². The zero-order valence-corrected chi connectivity index (χ0v) is 19.6. The van der Waals surface area contributed by atoms with Gasteiger partial charge in [0.25, 0.3) is 5.01 Å². The molecule has 0 bridgehead atoms. The fourth-order valence-electron chi connectivity index (χ4n) is 4.49. The molecule has 0 radical (unpaired) electrons. The second-order valence-corrected chi connectivity index (χ2v) is 10.1. The van der Waals surface area contributed by atoms with Gasteiger partial charge in [0.05, 0.1) is 6.61 Å². The maximum absolute atomic E-state index is 5.72. The van der Waals surface area contributed by atoms with Gasteiger partial charge >= 0.3 is 0 Å². The first-order chi connectivity index (χ1) is 14.1. The third-order valence-electron chi connectivity index (χ3n) is 6.29. The number of nitrogens with zero attached hydrogens (tertiary/aromatic N) is 2. The van der Waals surface area contributed by atoms with Crippen LogP contribution in [0.4, 0.5) is 0 Å². The van der Waals surface area contributed by atoms with Crippen molar-refractivity contribution in [2.24, 2.45) is 17.8 Å². The van der Waals surface area contributed by atoms with E-state index < -0.39 is 0 Å². The highest BCUT2D eigenvalue weighted by molar-refractivity contribution is 7.14. The molecule has 2 aromatic rings. The number of rotatable bonds is 10. The Kier molecular flexibility index (Phi) is 8.53. The van der Waals surface area contributed by atoms with Crippen LogP contribution in [0, 0.1) is 17.8 Å². The Morgan fingerprint density at radius 3 is 2.66 bits per heavy atom. The third-order valence-corrected chi connectivity index (χ3v) is 7.41. The number of aromatic nitrogens is 2. The van der Waals surface area contributed by atoms with Crippen LogP contribution in [0.3, 0.4) is 0 Å². The van der Waals surface area contributed by atoms with Crippen molar-refractivity contribution >= 4 is 11.3 Å². The fourth-order valence-corrected chi connectivity index (χ4v) is 5.69. The molecule has 4 heteroatoms. The van der Waals surface area contributed by atoms with Crippen molar-refractivity contribution in [1.82, 2.24) is 5.10 Å². The summed E-state index contributed by atoms with van der Waals surface area (Å²) in [6.45, 7) is 10.9. The van der Waals surface area contributed by atoms with Gasteiger partial charge in [0.15, 0.2) is 11.6 Å². The summed E-state index contributed by atoms with van der Waals surface area (Å²) in [6, 6.07) is 8.42. The predicted octanol–water partition coefficient (Wildman–Crippen LogP) is 6.69. The summed E-state index contributed by atoms with van der Waals surface area (Å²) in [7, 11) is 0. The molecule has 0 aliphatic heterocycles. The van der Waals surface area contributed by atoms with Crippen molar-refractivity contribution in [1.29, 1.82) is 0 Å². The minimum absolute atomic E-state index is 0.696. The first-order valence-corrected chi connectivity index (χ1v) is 12.5. The van der Waals surface area contributed by atoms with Gasteiger partial charge in [-0.05, 0) is 61.5 Å². The second kappa shape index (κ2) is 11.1. The average Bonchev–Trinajstić information content (AvgIpc) is 3.11. The summed E-state index contributed by atoms with van der Waals surface area (Å²) >= 11 is 1.89. The average molecular weight is 416 g/mol. The molecule has 3 rings (SSSR count). The Morgan fingerprint density at radius 2 is 1.93 bits per heavy atom. The molecule has 1 aliphatic rings. The summed E-state index contributed by atoms with van der Waals surface area (Å²) in [6.07, 6.45) is 10.6. The molecule has 2 atom stereocenters. The largest absolute Gasteiger partial charge is 0.494 e. The standard InChI is InChI=1S/C25H39N2OS/c1-5-19(3)15-20(4)16-24-27(18-21-11-8-7-9-12-21)26-25(29-24)22-13-10-14-23(17-22)28-6-2/h10,13-14,17,19-21H,5-9,11-12,15-16,18H2,1-4H3/q+1. The van der Waals surface area contributed by atoms with Gasteiger partial charge in [0.2, 0.25) is 0 Å². The summed E-state index contributed by atoms with van der Waals surface area (Å²) in [5.74, 6) is 3.23. The summed E-state index contributed by atoms with van der Waals surface area (Å²) in [5.41, 5.74) is 1.18. The predicted molar refractivity (Wildman–Crippen MR) is 122 cm³/mol. The van der Waals surface area contributed by atoms with Gasteiger partial charge in [0, 0.05) is 23.0 Å². The number of hydrogen-bond donors (Lipinski definition) is 0. The summed E-state index contributed by atoms with van der Waals surface area (Å²) in [5, 5.41) is 7.69. The van der Waals surface area contributed by atoms with E-state index in [1.807, 2.05) is 24.3 Å². The highest BCUT2D eigenvalue weighted by atomic mass is 32.1. The van der Waals surface area contributed by atoms with Crippen molar-refractivity contribution in [2.75, 3.05) is 6.61 Å². The molecule has 0 spiro atoms. The maximum atomic E-state index is 5.72. The van der Waals surface area contributed by atoms with Crippen molar-refractivity contribution in [3.8, 4) is 16.3 Å². The molecule has 160 valence electrons. The van der Waals surface area contributed by atoms with Gasteiger partial charge in [-0.1, -0.05) is 63.3 Å². The first kappa shape index (κ1) is 22.3. The molecule has 1 aliphatic carbocycles. The molecule has 1 aromatic carbocycles. The van der Waals surface area contributed by atoms with E-state index in [2.05, 4.69) is 43.7 Å². The summed E-state index contributed by atoms with van der Waals surface area (Å²) in [4.78, 5) is 0. The lowest BCUT2D eigenvalue weighted by atomic mass is 9.89. The van der Waals surface area contributed by atoms with E-state index in [9.17, 15) is 0 Å². The van der Waals surface area contributed by atoms with Crippen LogP contribution in [0.2, 0.25) is 0 Å². The smallest absolute Gasteiger partial charge is 0.265 e. The molecule has 0 amide bonds. The van der Waals surface area contributed by atoms with Gasteiger partial charge in [-0.2, -0.15) is 0 Å². The minimum Gasteiger partial charge on any atom is -0.494 e. The highest BCUT2D eigenvalue weighted by Crippen LogP contribution is 2.30. The molecule has 1 heterocycles. The molecular formula is C25H39N2OS+. The van der Waals surface area contributed by atoms with Gasteiger partial charge < -0.3 is 4.74 Å². The lowest BCUT2D eigenvalue weighted by molar-refractivity contribution is -0.760. The van der Waals surface area contributed by atoms with E-state index >= 15 is 0 Å². The lowest BCUT2D eigenvalue weighted by Gasteiger charge is -2.18. The minimum atomic E-state index is 0.696. The fraction of sp³-hybridized carbons (Fsp3) is 0.680. The van der Waals surface area contributed by atoms with Crippen LogP contribution in [0.5, 0.6) is 5.75 Å². The zero-order valence-electron chi connectivity index (χ0n) is 18.8. The molecule has 1 fully saturated rings. The number of benzene rings is 1. The maximum Gasteiger partial charge on any atom is 0.265 e. The Morgan fingerprint density at radius 1 is 1.14 bits per heavy atom. The Bertz CT molecular complexity index is 751. The van der Waals surface area contributed by atoms with E-state index in [-0.39, 0.29) is 0 Å². The van der Waals surface area contributed by atoms with Gasteiger partial charge in [-0.3, -0.25) is 0 Å². The van der Waals surface area contributed by atoms with Crippen LogP contribution in [-0.2, 0) is 13.0 Å². The Labute approximate surface area is 181 Å². The molecule has 1 saturated carbocycles. The Hall–Kier alpha value is -1.42. The Balaban J connectivity index is 1.82.